The molecule has 0 aliphatic carbocycles. The van der Waals surface area contributed by atoms with Gasteiger partial charge < -0.3 is 14.5 Å². The number of ether oxygens (including phenoxy) is 1. The Labute approximate surface area is 146 Å². The summed E-state index contributed by atoms with van der Waals surface area (Å²) in [6.07, 6.45) is 1.85. The number of benzene rings is 1. The molecule has 24 heavy (non-hydrogen) atoms. The van der Waals surface area contributed by atoms with Crippen LogP contribution in [0.3, 0.4) is 0 Å². The summed E-state index contributed by atoms with van der Waals surface area (Å²) in [6, 6.07) is 12.2. The molecule has 0 spiro atoms. The molecule has 0 amide bonds. The fourth-order valence-corrected chi connectivity index (χ4v) is 3.19. The highest BCUT2D eigenvalue weighted by Gasteiger charge is 2.10. The monoisotopic (exact) mass is 342 g/mol. The summed E-state index contributed by atoms with van der Waals surface area (Å²) in [4.78, 5) is 4.61. The van der Waals surface area contributed by atoms with Crippen molar-refractivity contribution < 1.29 is 9.15 Å². The molecule has 1 atom stereocenters. The van der Waals surface area contributed by atoms with Gasteiger partial charge in [0.15, 0.2) is 10.8 Å². The van der Waals surface area contributed by atoms with Crippen LogP contribution < -0.4 is 10.1 Å². The van der Waals surface area contributed by atoms with E-state index in [1.807, 2.05) is 38.1 Å². The number of hydrogen-bond donors (Lipinski definition) is 1. The Morgan fingerprint density at radius 1 is 1.21 bits per heavy atom. The number of nitrogens with one attached hydrogen (secondary N) is 1. The highest BCUT2D eigenvalue weighted by atomic mass is 32.1. The quantitative estimate of drug-likeness (QED) is 0.653. The van der Waals surface area contributed by atoms with Gasteiger partial charge in [-0.25, -0.2) is 4.98 Å². The number of hydrogen-bond acceptors (Lipinski definition) is 5. The lowest BCUT2D eigenvalue weighted by molar-refractivity contribution is 0.242. The van der Waals surface area contributed by atoms with Crippen LogP contribution in [0.1, 0.15) is 38.1 Å². The Kier molecular flexibility index (Phi) is 5.33. The molecule has 1 aromatic carbocycles. The summed E-state index contributed by atoms with van der Waals surface area (Å²) in [7, 11) is 0. The topological polar surface area (TPSA) is 47.3 Å². The molecular weight excluding hydrogens is 320 g/mol. The van der Waals surface area contributed by atoms with Gasteiger partial charge in [0.2, 0.25) is 0 Å². The molecule has 126 valence electrons. The van der Waals surface area contributed by atoms with Gasteiger partial charge in [-0.1, -0.05) is 12.1 Å². The van der Waals surface area contributed by atoms with Crippen molar-refractivity contribution in [1.82, 2.24) is 10.3 Å². The van der Waals surface area contributed by atoms with Crippen molar-refractivity contribution in [3.63, 3.8) is 0 Å². The van der Waals surface area contributed by atoms with Crippen LogP contribution in [-0.4, -0.2) is 11.1 Å². The molecule has 0 fully saturated rings. The summed E-state index contributed by atoms with van der Waals surface area (Å²) in [5.74, 6) is 1.72. The van der Waals surface area contributed by atoms with Crippen LogP contribution in [0.2, 0.25) is 0 Å². The van der Waals surface area contributed by atoms with Crippen molar-refractivity contribution in [3.8, 4) is 16.5 Å². The van der Waals surface area contributed by atoms with Gasteiger partial charge in [-0.2, -0.15) is 0 Å². The molecule has 0 saturated heterocycles. The van der Waals surface area contributed by atoms with Crippen LogP contribution in [0, 0.1) is 0 Å². The van der Waals surface area contributed by atoms with E-state index in [4.69, 9.17) is 9.15 Å². The molecular formula is C19H22N2O2S. The lowest BCUT2D eigenvalue weighted by Crippen LogP contribution is -2.18. The first-order chi connectivity index (χ1) is 11.6. The van der Waals surface area contributed by atoms with E-state index in [-0.39, 0.29) is 12.1 Å². The highest BCUT2D eigenvalue weighted by molar-refractivity contribution is 7.13. The van der Waals surface area contributed by atoms with Crippen molar-refractivity contribution in [1.29, 1.82) is 0 Å². The van der Waals surface area contributed by atoms with Gasteiger partial charge in [0.1, 0.15) is 5.75 Å². The predicted octanol–water partition coefficient (Wildman–Crippen LogP) is 5.04. The maximum atomic E-state index is 5.76. The molecule has 2 aromatic heterocycles. The number of furan rings is 1. The molecule has 5 heteroatoms. The maximum Gasteiger partial charge on any atom is 0.162 e. The molecule has 0 radical (unpaired) electrons. The zero-order chi connectivity index (χ0) is 16.9. The zero-order valence-corrected chi connectivity index (χ0v) is 15.0. The van der Waals surface area contributed by atoms with Crippen LogP contribution in [0.4, 0.5) is 0 Å². The normalized spacial score (nSPS) is 12.5. The average molecular weight is 342 g/mol. The van der Waals surface area contributed by atoms with E-state index < -0.39 is 0 Å². The van der Waals surface area contributed by atoms with Crippen LogP contribution in [0.25, 0.3) is 10.8 Å². The van der Waals surface area contributed by atoms with Gasteiger partial charge >= 0.3 is 0 Å². The van der Waals surface area contributed by atoms with E-state index in [0.717, 1.165) is 22.2 Å². The molecule has 0 bridgehead atoms. The molecule has 0 aliphatic rings. The Morgan fingerprint density at radius 2 is 2.08 bits per heavy atom. The molecule has 1 N–H and O–H groups in total. The van der Waals surface area contributed by atoms with E-state index in [0.29, 0.717) is 6.54 Å². The number of thiazole rings is 1. The maximum absolute atomic E-state index is 5.76. The Balaban J connectivity index is 1.60. The second-order valence-corrected chi connectivity index (χ2v) is 6.82. The lowest BCUT2D eigenvalue weighted by atomic mass is 10.1. The molecule has 2 heterocycles. The summed E-state index contributed by atoms with van der Waals surface area (Å²) in [6.45, 7) is 6.93. The minimum absolute atomic E-state index is 0.179. The molecule has 1 unspecified atom stereocenters. The van der Waals surface area contributed by atoms with Gasteiger partial charge in [-0.05, 0) is 50.6 Å². The van der Waals surface area contributed by atoms with Crippen LogP contribution in [0.5, 0.6) is 5.75 Å². The predicted molar refractivity (Wildman–Crippen MR) is 97.3 cm³/mol. The van der Waals surface area contributed by atoms with E-state index in [1.165, 1.54) is 5.56 Å². The van der Waals surface area contributed by atoms with Crippen LogP contribution in [0.15, 0.2) is 52.5 Å². The average Bonchev–Trinajstić information content (AvgIpc) is 3.23. The van der Waals surface area contributed by atoms with Crippen molar-refractivity contribution in [3.05, 3.63) is 59.3 Å². The number of nitrogens with zero attached hydrogens (tertiary/aromatic N) is 1. The van der Waals surface area contributed by atoms with Gasteiger partial charge in [0.25, 0.3) is 0 Å². The third-order valence-corrected chi connectivity index (χ3v) is 4.51. The van der Waals surface area contributed by atoms with Crippen molar-refractivity contribution >= 4 is 11.3 Å². The highest BCUT2D eigenvalue weighted by Crippen LogP contribution is 2.25. The van der Waals surface area contributed by atoms with E-state index in [1.54, 1.807) is 17.6 Å². The fraction of sp³-hybridized carbons (Fsp3) is 0.316. The lowest BCUT2D eigenvalue weighted by Gasteiger charge is -2.16. The van der Waals surface area contributed by atoms with Gasteiger partial charge in [-0.3, -0.25) is 0 Å². The molecule has 3 rings (SSSR count). The molecule has 3 aromatic rings. The smallest absolute Gasteiger partial charge is 0.162 e. The van der Waals surface area contributed by atoms with Crippen molar-refractivity contribution in [2.45, 2.75) is 39.5 Å². The van der Waals surface area contributed by atoms with E-state index in [2.05, 4.69) is 34.7 Å². The first-order valence-corrected chi connectivity index (χ1v) is 8.98. The third kappa shape index (κ3) is 4.24. The second-order valence-electron chi connectivity index (χ2n) is 5.96. The van der Waals surface area contributed by atoms with Crippen LogP contribution in [-0.2, 0) is 6.54 Å². The molecule has 0 saturated carbocycles. The first kappa shape index (κ1) is 16.7. The largest absolute Gasteiger partial charge is 0.491 e. The summed E-state index contributed by atoms with van der Waals surface area (Å²) in [5, 5.41) is 6.49. The van der Waals surface area contributed by atoms with Crippen LogP contribution >= 0.6 is 11.3 Å². The van der Waals surface area contributed by atoms with Gasteiger partial charge in [-0.15, -0.1) is 11.3 Å². The molecule has 0 aliphatic heterocycles. The van der Waals surface area contributed by atoms with Crippen molar-refractivity contribution in [2.75, 3.05) is 0 Å². The number of rotatable bonds is 7. The SMILES string of the molecule is CC(C)Oc1cccc(C(C)NCc2csc(-c3ccco3)n2)c1. The first-order valence-electron chi connectivity index (χ1n) is 8.10. The fourth-order valence-electron chi connectivity index (χ4n) is 2.41. The molecule has 4 nitrogen and oxygen atoms in total. The summed E-state index contributed by atoms with van der Waals surface area (Å²) < 4.78 is 11.1. The number of aromatic nitrogens is 1. The van der Waals surface area contributed by atoms with Crippen molar-refractivity contribution in [2.24, 2.45) is 0 Å². The van der Waals surface area contributed by atoms with Gasteiger partial charge in [0.05, 0.1) is 18.1 Å². The minimum atomic E-state index is 0.179. The Hall–Kier alpha value is -2.11. The Morgan fingerprint density at radius 3 is 2.83 bits per heavy atom. The standard InChI is InChI=1S/C19H22N2O2S/c1-13(2)23-17-7-4-6-15(10-17)14(3)20-11-16-12-24-19(21-16)18-8-5-9-22-18/h4-10,12-14,20H,11H2,1-3H3. The van der Waals surface area contributed by atoms with E-state index in [9.17, 15) is 0 Å². The van der Waals surface area contributed by atoms with E-state index >= 15 is 0 Å². The Bertz CT molecular complexity index is 765. The third-order valence-electron chi connectivity index (χ3n) is 3.60. The summed E-state index contributed by atoms with van der Waals surface area (Å²) in [5.41, 5.74) is 2.22. The van der Waals surface area contributed by atoms with Gasteiger partial charge in [0, 0.05) is 18.0 Å². The second kappa shape index (κ2) is 7.64. The minimum Gasteiger partial charge on any atom is -0.491 e. The zero-order valence-electron chi connectivity index (χ0n) is 14.2. The summed E-state index contributed by atoms with van der Waals surface area (Å²) >= 11 is 1.60.